The summed E-state index contributed by atoms with van der Waals surface area (Å²) in [7, 11) is 0. The number of carbonyl (C=O) groups is 1. The lowest BCUT2D eigenvalue weighted by Crippen LogP contribution is -2.06. The molecule has 124 valence electrons. The first kappa shape index (κ1) is 15.8. The summed E-state index contributed by atoms with van der Waals surface area (Å²) >= 11 is 5.77. The van der Waals surface area contributed by atoms with Gasteiger partial charge < -0.3 is 9.73 Å². The van der Waals surface area contributed by atoms with Gasteiger partial charge in [-0.3, -0.25) is 9.89 Å². The van der Waals surface area contributed by atoms with Crippen molar-refractivity contribution in [3.8, 4) is 0 Å². The van der Waals surface area contributed by atoms with E-state index in [1.165, 1.54) is 19.8 Å². The number of anilines is 1. The molecule has 0 unspecified atom stereocenters. The van der Waals surface area contributed by atoms with Gasteiger partial charge in [-0.1, -0.05) is 32.3 Å². The molecule has 0 radical (unpaired) electrons. The van der Waals surface area contributed by atoms with Crippen molar-refractivity contribution in [2.75, 3.05) is 5.32 Å². The first-order valence-electron chi connectivity index (χ1n) is 7.48. The normalized spacial score (nSPS) is 17.5. The van der Waals surface area contributed by atoms with Crippen LogP contribution in [0.5, 0.6) is 0 Å². The number of nitrogens with zero attached hydrogens (tertiary/aromatic N) is 2. The Bertz CT molecular complexity index is 905. The van der Waals surface area contributed by atoms with Crippen LogP contribution >= 0.6 is 32.3 Å². The molecule has 8 heteroatoms. The number of furan rings is 1. The molecule has 1 fully saturated rings. The number of carbonyl (C=O) groups excluding carboxylic acids is 1. The highest BCUT2D eigenvalue weighted by atomic mass is 127. The fourth-order valence-corrected chi connectivity index (χ4v) is 4.49. The van der Waals surface area contributed by atoms with Gasteiger partial charge in [-0.2, -0.15) is 5.10 Å². The predicted molar refractivity (Wildman–Crippen MR) is 102 cm³/mol. The van der Waals surface area contributed by atoms with Gasteiger partial charge in [0.15, 0.2) is 28.9 Å². The Morgan fingerprint density at radius 1 is 1.46 bits per heavy atom. The van der Waals surface area contributed by atoms with Crippen LogP contribution in [0.3, 0.4) is 0 Å². The number of nitrogens with one attached hydrogen (secondary N) is 2. The molecular formula is C16H14ClIN4O2. The summed E-state index contributed by atoms with van der Waals surface area (Å²) in [4.78, 5) is 16.0. The highest BCUT2D eigenvalue weighted by molar-refractivity contribution is 14.2. The van der Waals surface area contributed by atoms with Crippen molar-refractivity contribution in [3.63, 3.8) is 0 Å². The van der Waals surface area contributed by atoms with E-state index in [-0.39, 0.29) is 5.78 Å². The number of aliphatic imine (C=N–C) groups is 1. The highest BCUT2D eigenvalue weighted by Gasteiger charge is 2.25. The summed E-state index contributed by atoms with van der Waals surface area (Å²) < 4.78 is 8.37. The number of Topliss-reactive ketones (excluding diaryl/α,β-unsaturated/α-hetero) is 1. The molecule has 1 saturated carbocycles. The Labute approximate surface area is 153 Å². The van der Waals surface area contributed by atoms with E-state index in [0.29, 0.717) is 34.1 Å². The van der Waals surface area contributed by atoms with Crippen LogP contribution in [0, 0.1) is 0 Å². The van der Waals surface area contributed by atoms with Crippen molar-refractivity contribution >= 4 is 51.7 Å². The number of rotatable bonds is 5. The number of ketones is 1. The van der Waals surface area contributed by atoms with Gasteiger partial charge in [-0.25, -0.2) is 4.99 Å². The van der Waals surface area contributed by atoms with Gasteiger partial charge >= 0.3 is 0 Å². The van der Waals surface area contributed by atoms with Crippen LogP contribution < -0.4 is 5.32 Å². The van der Waals surface area contributed by atoms with Crippen molar-refractivity contribution in [2.24, 2.45) is 4.99 Å². The van der Waals surface area contributed by atoms with Crippen molar-refractivity contribution in [1.82, 2.24) is 10.2 Å². The zero-order chi connectivity index (χ0) is 16.7. The third-order valence-electron chi connectivity index (χ3n) is 3.71. The largest absolute Gasteiger partial charge is 0.451 e. The van der Waals surface area contributed by atoms with Gasteiger partial charge in [0, 0.05) is 24.6 Å². The quantitative estimate of drug-likeness (QED) is 0.523. The summed E-state index contributed by atoms with van der Waals surface area (Å²) in [6.45, 7) is 1.48. The lowest BCUT2D eigenvalue weighted by molar-refractivity contribution is 0.0987. The lowest BCUT2D eigenvalue weighted by Gasteiger charge is -2.09. The molecule has 2 aromatic heterocycles. The molecule has 0 atom stereocenters. The number of hydrogen-bond donors (Lipinski definition) is 2. The van der Waals surface area contributed by atoms with E-state index in [1.54, 1.807) is 12.1 Å². The smallest absolute Gasteiger partial charge is 0.194 e. The molecule has 2 aromatic rings. The fourth-order valence-electron chi connectivity index (χ4n) is 2.29. The SMILES string of the molecule is CC(=O)c1ccc(C2=NC(Nc3cc(C4CC4)[nH]n3)=C(Cl)C=I2)o1. The van der Waals surface area contributed by atoms with Crippen LogP contribution in [0.25, 0.3) is 0 Å². The summed E-state index contributed by atoms with van der Waals surface area (Å²) in [6, 6.07) is 5.45. The third-order valence-corrected chi connectivity index (χ3v) is 6.66. The number of aromatic amines is 1. The second kappa shape index (κ2) is 6.29. The van der Waals surface area contributed by atoms with E-state index in [4.69, 9.17) is 16.0 Å². The van der Waals surface area contributed by atoms with Crippen LogP contribution in [0.15, 0.2) is 38.5 Å². The maximum absolute atomic E-state index is 11.4. The Morgan fingerprint density at radius 3 is 3.00 bits per heavy atom. The number of allylic oxidation sites excluding steroid dienone is 1. The first-order chi connectivity index (χ1) is 11.6. The Hall–Kier alpha value is -1.74. The molecule has 1 aliphatic carbocycles. The van der Waals surface area contributed by atoms with Crippen LogP contribution in [0.2, 0.25) is 0 Å². The molecule has 3 heterocycles. The van der Waals surface area contributed by atoms with E-state index in [1.807, 2.05) is 10.1 Å². The van der Waals surface area contributed by atoms with Crippen molar-refractivity contribution < 1.29 is 9.21 Å². The second-order valence-electron chi connectivity index (χ2n) is 5.65. The molecular weight excluding hydrogens is 443 g/mol. The maximum atomic E-state index is 11.4. The number of halogens is 2. The topological polar surface area (TPSA) is 83.3 Å². The maximum Gasteiger partial charge on any atom is 0.194 e. The third kappa shape index (κ3) is 3.23. The Morgan fingerprint density at radius 2 is 2.29 bits per heavy atom. The van der Waals surface area contributed by atoms with Gasteiger partial charge in [0.1, 0.15) is 3.72 Å². The second-order valence-corrected chi connectivity index (χ2v) is 8.32. The van der Waals surface area contributed by atoms with Gasteiger partial charge in [-0.15, -0.1) is 0 Å². The van der Waals surface area contributed by atoms with Crippen LogP contribution in [0.1, 0.15) is 47.7 Å². The molecule has 0 spiro atoms. The summed E-state index contributed by atoms with van der Waals surface area (Å²) in [5.41, 5.74) is 1.14. The van der Waals surface area contributed by atoms with Crippen LogP contribution in [0.4, 0.5) is 5.82 Å². The standard InChI is InChI=1S/C16H14ClIN4O2/c1-8(23)12-4-5-13(24-12)15-18-7-10(17)16(20-15)19-14-6-11(21-22-14)9-2-3-9/h4-7,9H,2-3H2,1H3,(H2,19,20,21,22). The van der Waals surface area contributed by atoms with E-state index < -0.39 is 20.7 Å². The minimum Gasteiger partial charge on any atom is -0.451 e. The molecule has 2 aliphatic rings. The molecule has 2 N–H and O–H groups in total. The van der Waals surface area contributed by atoms with E-state index in [0.717, 1.165) is 9.41 Å². The zero-order valence-corrected chi connectivity index (χ0v) is 15.7. The minimum absolute atomic E-state index is 0.101. The molecule has 24 heavy (non-hydrogen) atoms. The molecule has 0 bridgehead atoms. The first-order valence-corrected chi connectivity index (χ1v) is 10.2. The molecule has 0 aromatic carbocycles. The van der Waals surface area contributed by atoms with Gasteiger partial charge in [0.25, 0.3) is 0 Å². The Balaban J connectivity index is 1.57. The highest BCUT2D eigenvalue weighted by Crippen LogP contribution is 2.39. The van der Waals surface area contributed by atoms with Gasteiger partial charge in [0.05, 0.1) is 5.03 Å². The molecule has 1 aliphatic heterocycles. The van der Waals surface area contributed by atoms with Crippen molar-refractivity contribution in [2.45, 2.75) is 25.7 Å². The van der Waals surface area contributed by atoms with E-state index >= 15 is 0 Å². The van der Waals surface area contributed by atoms with E-state index in [2.05, 4.69) is 20.5 Å². The fraction of sp³-hybridized carbons (Fsp3) is 0.250. The van der Waals surface area contributed by atoms with Gasteiger partial charge in [0.2, 0.25) is 0 Å². The van der Waals surface area contributed by atoms with E-state index in [9.17, 15) is 4.79 Å². The minimum atomic E-state index is -0.513. The summed E-state index contributed by atoms with van der Waals surface area (Å²) in [5.74, 6) is 2.71. The van der Waals surface area contributed by atoms with Crippen LogP contribution in [-0.2, 0) is 0 Å². The average Bonchev–Trinajstić information content (AvgIpc) is 3.10. The summed E-state index contributed by atoms with van der Waals surface area (Å²) in [6.07, 6.45) is 2.42. The molecule has 4 rings (SSSR count). The zero-order valence-electron chi connectivity index (χ0n) is 12.8. The number of hydrogen-bond acceptors (Lipinski definition) is 5. The van der Waals surface area contributed by atoms with Crippen molar-refractivity contribution in [3.05, 3.63) is 46.3 Å². The summed E-state index contributed by atoms with van der Waals surface area (Å²) in [5, 5.41) is 11.0. The Kier molecular flexibility index (Phi) is 4.13. The number of aromatic nitrogens is 2. The predicted octanol–water partition coefficient (Wildman–Crippen LogP) is 4.14. The lowest BCUT2D eigenvalue weighted by atomic mass is 10.3. The monoisotopic (exact) mass is 456 g/mol. The molecule has 6 nitrogen and oxygen atoms in total. The van der Waals surface area contributed by atoms with Gasteiger partial charge in [-0.05, 0) is 29.0 Å². The van der Waals surface area contributed by atoms with Crippen LogP contribution in [-0.4, -0.2) is 23.7 Å². The molecule has 0 saturated heterocycles. The van der Waals surface area contributed by atoms with Crippen molar-refractivity contribution in [1.29, 1.82) is 0 Å². The average molecular weight is 457 g/mol. The number of H-pyrrole nitrogens is 1. The molecule has 0 amide bonds.